The number of pyridine rings is 1. The summed E-state index contributed by atoms with van der Waals surface area (Å²) in [6.45, 7) is 8.70. The Morgan fingerprint density at radius 3 is 2.48 bits per heavy atom. The van der Waals surface area contributed by atoms with Crippen molar-refractivity contribution in [2.75, 3.05) is 62.8 Å². The molecule has 6 heteroatoms. The average molecular weight is 421 g/mol. The number of hydrogen-bond donors (Lipinski definition) is 0. The molecule has 164 valence electrons. The Kier molecular flexibility index (Phi) is 5.44. The second-order valence-corrected chi connectivity index (χ2v) is 9.54. The van der Waals surface area contributed by atoms with Crippen LogP contribution < -0.4 is 9.80 Å². The van der Waals surface area contributed by atoms with E-state index in [0.29, 0.717) is 6.42 Å². The van der Waals surface area contributed by atoms with E-state index in [1.807, 2.05) is 17.2 Å². The highest BCUT2D eigenvalue weighted by atomic mass is 16.5. The van der Waals surface area contributed by atoms with E-state index in [0.717, 1.165) is 63.7 Å². The lowest BCUT2D eigenvalue weighted by Crippen LogP contribution is -2.45. The Balaban J connectivity index is 1.28. The predicted octanol–water partition coefficient (Wildman–Crippen LogP) is 2.72. The molecule has 0 aliphatic carbocycles. The number of piperazine rings is 1. The first-order valence-corrected chi connectivity index (χ1v) is 11.4. The number of nitrogens with zero attached hydrogens (tertiary/aromatic N) is 4. The van der Waals surface area contributed by atoms with Crippen LogP contribution in [-0.4, -0.2) is 68.8 Å². The average Bonchev–Trinajstić information content (AvgIpc) is 3.13. The minimum atomic E-state index is -0.00154. The van der Waals surface area contributed by atoms with Crippen molar-refractivity contribution in [1.29, 1.82) is 0 Å². The lowest BCUT2D eigenvalue weighted by molar-refractivity contribution is -0.120. The zero-order valence-electron chi connectivity index (χ0n) is 18.6. The van der Waals surface area contributed by atoms with Crippen LogP contribution in [0.25, 0.3) is 0 Å². The molecule has 0 spiro atoms. The molecule has 1 aromatic carbocycles. The number of ether oxygens (including phenoxy) is 1. The monoisotopic (exact) mass is 420 g/mol. The smallest absolute Gasteiger partial charge is 0.230 e. The number of hydrogen-bond acceptors (Lipinski definition) is 5. The van der Waals surface area contributed by atoms with Gasteiger partial charge in [-0.1, -0.05) is 19.1 Å². The van der Waals surface area contributed by atoms with Crippen molar-refractivity contribution in [2.45, 2.75) is 25.2 Å². The third kappa shape index (κ3) is 3.94. The van der Waals surface area contributed by atoms with E-state index in [1.165, 1.54) is 11.3 Å². The van der Waals surface area contributed by atoms with Gasteiger partial charge in [-0.2, -0.15) is 0 Å². The Hall–Kier alpha value is -2.44. The summed E-state index contributed by atoms with van der Waals surface area (Å²) < 4.78 is 5.39. The fourth-order valence-corrected chi connectivity index (χ4v) is 4.96. The Labute approximate surface area is 184 Å². The Morgan fingerprint density at radius 1 is 1.06 bits per heavy atom. The number of aromatic nitrogens is 1. The first-order valence-electron chi connectivity index (χ1n) is 11.4. The topological polar surface area (TPSA) is 48.9 Å². The fraction of sp³-hybridized carbons (Fsp3) is 0.520. The minimum Gasteiger partial charge on any atom is -0.379 e. The van der Waals surface area contributed by atoms with Gasteiger partial charge >= 0.3 is 0 Å². The van der Waals surface area contributed by atoms with Crippen molar-refractivity contribution in [3.8, 4) is 0 Å². The van der Waals surface area contributed by atoms with Gasteiger partial charge in [-0.3, -0.25) is 9.78 Å². The molecule has 1 amide bonds. The van der Waals surface area contributed by atoms with Crippen molar-refractivity contribution in [2.24, 2.45) is 5.92 Å². The van der Waals surface area contributed by atoms with Crippen molar-refractivity contribution in [3.63, 3.8) is 0 Å². The van der Waals surface area contributed by atoms with Crippen LogP contribution in [0.2, 0.25) is 0 Å². The third-order valence-electron chi connectivity index (χ3n) is 7.18. The lowest BCUT2D eigenvalue weighted by Gasteiger charge is -2.38. The summed E-state index contributed by atoms with van der Waals surface area (Å²) in [5, 5.41) is 0. The molecule has 3 fully saturated rings. The molecule has 3 aliphatic heterocycles. The number of amides is 1. The molecule has 2 aromatic rings. The van der Waals surface area contributed by atoms with Gasteiger partial charge in [0, 0.05) is 62.4 Å². The summed E-state index contributed by atoms with van der Waals surface area (Å²) >= 11 is 0. The van der Waals surface area contributed by atoms with Crippen LogP contribution >= 0.6 is 0 Å². The summed E-state index contributed by atoms with van der Waals surface area (Å²) in [5.74, 6) is 0.222. The quantitative estimate of drug-likeness (QED) is 0.745. The number of benzene rings is 1. The molecule has 3 aliphatic rings. The molecule has 3 saturated heterocycles. The Bertz CT molecular complexity index is 933. The maximum absolute atomic E-state index is 13.2. The number of anilines is 2. The molecule has 1 unspecified atom stereocenters. The maximum Gasteiger partial charge on any atom is 0.230 e. The predicted molar refractivity (Wildman–Crippen MR) is 123 cm³/mol. The molecule has 1 atom stereocenters. The summed E-state index contributed by atoms with van der Waals surface area (Å²) in [7, 11) is 2.17. The highest BCUT2D eigenvalue weighted by Crippen LogP contribution is 2.34. The van der Waals surface area contributed by atoms with E-state index in [1.54, 1.807) is 0 Å². The first kappa shape index (κ1) is 20.5. The highest BCUT2D eigenvalue weighted by molar-refractivity contribution is 5.97. The number of likely N-dealkylation sites (N-methyl/N-ethyl adjacent to an activating group) is 1. The molecule has 0 bridgehead atoms. The van der Waals surface area contributed by atoms with Crippen LogP contribution in [0, 0.1) is 5.92 Å². The first-order chi connectivity index (χ1) is 15.0. The van der Waals surface area contributed by atoms with Crippen LogP contribution in [0.4, 0.5) is 11.4 Å². The van der Waals surface area contributed by atoms with Gasteiger partial charge in [-0.15, -0.1) is 0 Å². The second-order valence-electron chi connectivity index (χ2n) is 9.54. The molecule has 0 saturated carbocycles. The standard InChI is InChI=1S/C25H32N4O2/c1-25(17-31-18-25)20-5-7-21(8-6-20)29-11-9-19(24(29)30)16-22-23(4-3-10-26-22)28-14-12-27(2)13-15-28/h3-8,10,19H,9,11-18H2,1-2H3. The molecule has 1 aromatic heterocycles. The number of carbonyl (C=O) groups excluding carboxylic acids is 1. The summed E-state index contributed by atoms with van der Waals surface area (Å²) in [5.41, 5.74) is 4.66. The number of rotatable bonds is 5. The van der Waals surface area contributed by atoms with Gasteiger partial charge in [0.2, 0.25) is 5.91 Å². The fourth-order valence-electron chi connectivity index (χ4n) is 4.96. The van der Waals surface area contributed by atoms with Gasteiger partial charge in [0.15, 0.2) is 0 Å². The maximum atomic E-state index is 13.2. The van der Waals surface area contributed by atoms with E-state index >= 15 is 0 Å². The molecule has 6 nitrogen and oxygen atoms in total. The zero-order chi connectivity index (χ0) is 21.4. The van der Waals surface area contributed by atoms with E-state index in [2.05, 4.69) is 59.1 Å². The molecule has 0 radical (unpaired) electrons. The second kappa shape index (κ2) is 8.24. The lowest BCUT2D eigenvalue weighted by atomic mass is 9.81. The zero-order valence-corrected chi connectivity index (χ0v) is 18.6. The third-order valence-corrected chi connectivity index (χ3v) is 7.18. The number of carbonyl (C=O) groups is 1. The summed E-state index contributed by atoms with van der Waals surface area (Å²) in [6.07, 6.45) is 3.45. The SMILES string of the molecule is CN1CCN(c2cccnc2CC2CCN(c3ccc(C4(C)COC4)cc3)C2=O)CC1. The Morgan fingerprint density at radius 2 is 1.81 bits per heavy atom. The molecule has 5 rings (SSSR count). The van der Waals surface area contributed by atoms with Gasteiger partial charge in [0.1, 0.15) is 0 Å². The van der Waals surface area contributed by atoms with Crippen LogP contribution in [0.3, 0.4) is 0 Å². The van der Waals surface area contributed by atoms with Gasteiger partial charge in [0.05, 0.1) is 24.6 Å². The van der Waals surface area contributed by atoms with Gasteiger partial charge in [-0.25, -0.2) is 0 Å². The summed E-state index contributed by atoms with van der Waals surface area (Å²) in [4.78, 5) is 24.7. The largest absolute Gasteiger partial charge is 0.379 e. The van der Waals surface area contributed by atoms with E-state index < -0.39 is 0 Å². The van der Waals surface area contributed by atoms with Crippen LogP contribution in [0.1, 0.15) is 24.6 Å². The molecular weight excluding hydrogens is 388 g/mol. The van der Waals surface area contributed by atoms with Crippen LogP contribution in [0.15, 0.2) is 42.6 Å². The van der Waals surface area contributed by atoms with Crippen molar-refractivity contribution >= 4 is 17.3 Å². The minimum absolute atomic E-state index is 0.00154. The molecule has 0 N–H and O–H groups in total. The summed E-state index contributed by atoms with van der Waals surface area (Å²) in [6, 6.07) is 12.7. The van der Waals surface area contributed by atoms with Gasteiger partial charge < -0.3 is 19.4 Å². The van der Waals surface area contributed by atoms with Gasteiger partial charge in [-0.05, 0) is 43.3 Å². The van der Waals surface area contributed by atoms with Crippen LogP contribution in [-0.2, 0) is 21.4 Å². The van der Waals surface area contributed by atoms with Gasteiger partial charge in [0.25, 0.3) is 0 Å². The van der Waals surface area contributed by atoms with Crippen molar-refractivity contribution < 1.29 is 9.53 Å². The van der Waals surface area contributed by atoms with Crippen molar-refractivity contribution in [3.05, 3.63) is 53.9 Å². The molecule has 4 heterocycles. The van der Waals surface area contributed by atoms with E-state index in [9.17, 15) is 4.79 Å². The van der Waals surface area contributed by atoms with E-state index in [4.69, 9.17) is 4.74 Å². The molecular formula is C25H32N4O2. The van der Waals surface area contributed by atoms with Crippen molar-refractivity contribution in [1.82, 2.24) is 9.88 Å². The highest BCUT2D eigenvalue weighted by Gasteiger charge is 2.36. The van der Waals surface area contributed by atoms with Crippen LogP contribution in [0.5, 0.6) is 0 Å². The normalized spacial score (nSPS) is 23.8. The van der Waals surface area contributed by atoms with E-state index in [-0.39, 0.29) is 17.2 Å². The molecule has 31 heavy (non-hydrogen) atoms.